The van der Waals surface area contributed by atoms with E-state index in [1.807, 2.05) is 44.3 Å². The molecule has 1 aliphatic rings. The van der Waals surface area contributed by atoms with Crippen LogP contribution in [0.15, 0.2) is 69.8 Å². The number of hydrogen-bond acceptors (Lipinski definition) is 5. The van der Waals surface area contributed by atoms with E-state index in [4.69, 9.17) is 19.2 Å². The maximum atomic E-state index is 5.84. The van der Waals surface area contributed by atoms with Crippen molar-refractivity contribution in [3.8, 4) is 16.9 Å². The average Bonchev–Trinajstić information content (AvgIpc) is 3.52. The molecule has 34 heavy (non-hydrogen) atoms. The number of aromatic amines is 1. The van der Waals surface area contributed by atoms with E-state index in [9.17, 15) is 0 Å². The fourth-order valence-electron chi connectivity index (χ4n) is 5.00. The third kappa shape index (κ3) is 2.99. The van der Waals surface area contributed by atoms with Gasteiger partial charge in [0, 0.05) is 39.2 Å². The van der Waals surface area contributed by atoms with Crippen molar-refractivity contribution < 1.29 is 9.26 Å². The van der Waals surface area contributed by atoms with E-state index in [1.54, 1.807) is 7.11 Å². The number of allylic oxidation sites excluding steroid dienone is 1. The Morgan fingerprint density at radius 3 is 2.56 bits per heavy atom. The molecular weight excluding hydrogens is 424 g/mol. The summed E-state index contributed by atoms with van der Waals surface area (Å²) >= 11 is 0. The molecule has 1 N–H and O–H groups in total. The smallest absolute Gasteiger partial charge is 0.141 e. The van der Waals surface area contributed by atoms with Crippen molar-refractivity contribution in [2.45, 2.75) is 20.8 Å². The molecule has 0 unspecified atom stereocenters. The van der Waals surface area contributed by atoms with Crippen molar-refractivity contribution in [2.24, 2.45) is 4.99 Å². The summed E-state index contributed by atoms with van der Waals surface area (Å²) in [5.74, 6) is 1.54. The normalized spacial score (nSPS) is 13.8. The first-order valence-electron chi connectivity index (χ1n) is 11.3. The highest BCUT2D eigenvalue weighted by Crippen LogP contribution is 2.42. The standard InChI is InChI=1S/C28H24N4O2/c1-15-14-30-27(18-8-6-5-7-9-18)24(15)28-26-19-13-23(33-4)20(25-16(2)32-34-17(25)3)12-22(19)31-21(26)10-11-29-28/h5-13,31H,14H2,1-4H3. The first-order valence-corrected chi connectivity index (χ1v) is 11.3. The van der Waals surface area contributed by atoms with Crippen LogP contribution in [0.1, 0.15) is 29.6 Å². The quantitative estimate of drug-likeness (QED) is 0.351. The average molecular weight is 449 g/mol. The summed E-state index contributed by atoms with van der Waals surface area (Å²) < 4.78 is 11.3. The highest BCUT2D eigenvalue weighted by atomic mass is 16.5. The van der Waals surface area contributed by atoms with Crippen LogP contribution in [-0.2, 0) is 0 Å². The van der Waals surface area contributed by atoms with Gasteiger partial charge in [0.15, 0.2) is 0 Å². The summed E-state index contributed by atoms with van der Waals surface area (Å²) in [6, 6.07) is 16.5. The molecule has 2 aromatic carbocycles. The Morgan fingerprint density at radius 2 is 1.82 bits per heavy atom. The second-order valence-electron chi connectivity index (χ2n) is 8.69. The molecule has 3 aromatic heterocycles. The van der Waals surface area contributed by atoms with Gasteiger partial charge in [-0.25, -0.2) is 0 Å². The van der Waals surface area contributed by atoms with Gasteiger partial charge < -0.3 is 14.2 Å². The third-order valence-corrected chi connectivity index (χ3v) is 6.55. The van der Waals surface area contributed by atoms with Gasteiger partial charge in [-0.3, -0.25) is 9.98 Å². The number of fused-ring (bicyclic) bond motifs is 3. The first kappa shape index (κ1) is 20.4. The molecule has 6 heteroatoms. The number of benzene rings is 2. The van der Waals surface area contributed by atoms with Gasteiger partial charge in [0.2, 0.25) is 0 Å². The van der Waals surface area contributed by atoms with E-state index in [0.29, 0.717) is 6.54 Å². The molecule has 0 fully saturated rings. The Kier molecular flexibility index (Phi) is 4.62. The van der Waals surface area contributed by atoms with E-state index < -0.39 is 0 Å². The molecule has 0 spiro atoms. The highest BCUT2D eigenvalue weighted by Gasteiger charge is 2.25. The van der Waals surface area contributed by atoms with Gasteiger partial charge in [-0.2, -0.15) is 0 Å². The number of H-pyrrole nitrogens is 1. The number of nitrogens with one attached hydrogen (secondary N) is 1. The summed E-state index contributed by atoms with van der Waals surface area (Å²) in [6.07, 6.45) is 1.86. The van der Waals surface area contributed by atoms with Crippen LogP contribution in [0.25, 0.3) is 38.5 Å². The minimum atomic E-state index is 0.680. The van der Waals surface area contributed by atoms with Gasteiger partial charge >= 0.3 is 0 Å². The van der Waals surface area contributed by atoms with Crippen molar-refractivity contribution in [3.05, 3.63) is 83.0 Å². The molecule has 0 saturated heterocycles. The van der Waals surface area contributed by atoms with Crippen molar-refractivity contribution in [1.29, 1.82) is 0 Å². The number of methoxy groups -OCH3 is 1. The fraction of sp³-hybridized carbons (Fsp3) is 0.179. The van der Waals surface area contributed by atoms with Gasteiger partial charge in [-0.05, 0) is 44.5 Å². The molecular formula is C28H24N4O2. The Labute approximate surface area is 197 Å². The Balaban J connectivity index is 1.61. The van der Waals surface area contributed by atoms with Gasteiger partial charge in [-0.15, -0.1) is 0 Å². The first-order chi connectivity index (χ1) is 16.6. The minimum Gasteiger partial charge on any atom is -0.496 e. The summed E-state index contributed by atoms with van der Waals surface area (Å²) in [5.41, 5.74) is 10.1. The lowest BCUT2D eigenvalue weighted by molar-refractivity contribution is 0.393. The monoisotopic (exact) mass is 448 g/mol. The number of hydrogen-bond donors (Lipinski definition) is 1. The Bertz CT molecular complexity index is 1620. The lowest BCUT2D eigenvalue weighted by Gasteiger charge is -2.11. The van der Waals surface area contributed by atoms with Crippen LogP contribution < -0.4 is 4.74 Å². The molecule has 0 radical (unpaired) electrons. The van der Waals surface area contributed by atoms with Crippen LogP contribution in [-0.4, -0.2) is 34.5 Å². The molecule has 6 rings (SSSR count). The number of rotatable bonds is 4. The van der Waals surface area contributed by atoms with Crippen molar-refractivity contribution in [3.63, 3.8) is 0 Å². The summed E-state index contributed by atoms with van der Waals surface area (Å²) in [4.78, 5) is 13.3. The number of aliphatic imine (C=N–C) groups is 1. The van der Waals surface area contributed by atoms with Crippen LogP contribution in [0.4, 0.5) is 0 Å². The zero-order valence-electron chi connectivity index (χ0n) is 19.6. The van der Waals surface area contributed by atoms with Crippen LogP contribution in [0.2, 0.25) is 0 Å². The summed E-state index contributed by atoms with van der Waals surface area (Å²) in [7, 11) is 1.70. The molecule has 0 saturated carbocycles. The predicted octanol–water partition coefficient (Wildman–Crippen LogP) is 6.27. The molecule has 5 aromatic rings. The van der Waals surface area contributed by atoms with Gasteiger partial charge in [0.1, 0.15) is 11.5 Å². The number of aryl methyl sites for hydroxylation is 2. The topological polar surface area (TPSA) is 76.3 Å². The second kappa shape index (κ2) is 7.70. The van der Waals surface area contributed by atoms with E-state index in [-0.39, 0.29) is 0 Å². The largest absolute Gasteiger partial charge is 0.496 e. The summed E-state index contributed by atoms with van der Waals surface area (Å²) in [5, 5.41) is 6.26. The van der Waals surface area contributed by atoms with Crippen LogP contribution in [0.5, 0.6) is 5.75 Å². The second-order valence-corrected chi connectivity index (χ2v) is 8.69. The molecule has 0 atom stereocenters. The van der Waals surface area contributed by atoms with Crippen LogP contribution >= 0.6 is 0 Å². The van der Waals surface area contributed by atoms with E-state index in [1.165, 1.54) is 5.57 Å². The molecule has 0 bridgehead atoms. The zero-order valence-corrected chi connectivity index (χ0v) is 19.6. The zero-order chi connectivity index (χ0) is 23.4. The summed E-state index contributed by atoms with van der Waals surface area (Å²) in [6.45, 7) is 6.69. The molecule has 1 aliphatic heterocycles. The van der Waals surface area contributed by atoms with Gasteiger partial charge in [0.05, 0.1) is 41.8 Å². The van der Waals surface area contributed by atoms with E-state index >= 15 is 0 Å². The van der Waals surface area contributed by atoms with Gasteiger partial charge in [0.25, 0.3) is 0 Å². The highest BCUT2D eigenvalue weighted by molar-refractivity contribution is 6.36. The maximum Gasteiger partial charge on any atom is 0.141 e. The Hall–Kier alpha value is -4.19. The SMILES string of the molecule is COc1cc2c(cc1-c1c(C)noc1C)[nH]c1ccnc(C3=C(C)CN=C3c3ccccc3)c12. The van der Waals surface area contributed by atoms with Crippen molar-refractivity contribution in [1.82, 2.24) is 15.1 Å². The van der Waals surface area contributed by atoms with E-state index in [2.05, 4.69) is 41.3 Å². The number of nitrogens with zero attached hydrogens (tertiary/aromatic N) is 3. The predicted molar refractivity (Wildman–Crippen MR) is 136 cm³/mol. The van der Waals surface area contributed by atoms with Gasteiger partial charge in [-0.1, -0.05) is 35.5 Å². The lowest BCUT2D eigenvalue weighted by atomic mass is 9.94. The maximum absolute atomic E-state index is 5.84. The third-order valence-electron chi connectivity index (χ3n) is 6.55. The fourth-order valence-corrected chi connectivity index (χ4v) is 5.00. The lowest BCUT2D eigenvalue weighted by Crippen LogP contribution is -2.04. The molecule has 0 amide bonds. The molecule has 168 valence electrons. The Morgan fingerprint density at radius 1 is 1.00 bits per heavy atom. The van der Waals surface area contributed by atoms with Crippen molar-refractivity contribution >= 4 is 33.1 Å². The van der Waals surface area contributed by atoms with Crippen LogP contribution in [0, 0.1) is 13.8 Å². The number of ether oxygens (including phenoxy) is 1. The number of aromatic nitrogens is 3. The van der Waals surface area contributed by atoms with Crippen molar-refractivity contribution in [2.75, 3.05) is 13.7 Å². The molecule has 4 heterocycles. The molecule has 0 aliphatic carbocycles. The minimum absolute atomic E-state index is 0.680. The number of pyridine rings is 1. The molecule has 6 nitrogen and oxygen atoms in total. The van der Waals surface area contributed by atoms with E-state index in [0.717, 1.165) is 72.7 Å². The van der Waals surface area contributed by atoms with Crippen LogP contribution in [0.3, 0.4) is 0 Å².